The Morgan fingerprint density at radius 3 is 2.86 bits per heavy atom. The van der Waals surface area contributed by atoms with Crippen LogP contribution in [0.5, 0.6) is 5.75 Å². The van der Waals surface area contributed by atoms with E-state index >= 15 is 0 Å². The van der Waals surface area contributed by atoms with Gasteiger partial charge in [-0.15, -0.1) is 0 Å². The summed E-state index contributed by atoms with van der Waals surface area (Å²) in [6.07, 6.45) is 4.32. The lowest BCUT2D eigenvalue weighted by Gasteiger charge is -2.21. The molecule has 4 rings (SSSR count). The first-order valence-electron chi connectivity index (χ1n) is 7.06. The van der Waals surface area contributed by atoms with E-state index in [-0.39, 0.29) is 27.5 Å². The molecular formula is C16H16INO3. The largest absolute Gasteiger partial charge is 0.497 e. The number of nitrogens with zero attached hydrogens (tertiary/aromatic N) is 1. The van der Waals surface area contributed by atoms with E-state index in [2.05, 4.69) is 34.7 Å². The third kappa shape index (κ3) is 1.93. The van der Waals surface area contributed by atoms with Crippen molar-refractivity contribution >= 4 is 28.5 Å². The van der Waals surface area contributed by atoms with Crippen molar-refractivity contribution in [1.29, 1.82) is 0 Å². The number of methoxy groups -OCH3 is 1. The number of halogens is 1. The van der Waals surface area contributed by atoms with Gasteiger partial charge in [0.25, 0.3) is 0 Å². The summed E-state index contributed by atoms with van der Waals surface area (Å²) in [6.45, 7) is 1.29. The zero-order chi connectivity index (χ0) is 14.6. The topological polar surface area (TPSA) is 38.8 Å². The molecule has 1 aromatic carbocycles. The average Bonchev–Trinajstić information content (AvgIpc) is 3.10. The highest BCUT2D eigenvalue weighted by Crippen LogP contribution is 2.51. The van der Waals surface area contributed by atoms with Crippen LogP contribution in [0.1, 0.15) is 5.56 Å². The second-order valence-corrected chi connectivity index (χ2v) is 7.30. The Labute approximate surface area is 137 Å². The second kappa shape index (κ2) is 4.71. The molecule has 110 valence electrons. The van der Waals surface area contributed by atoms with Crippen LogP contribution in [0.25, 0.3) is 0 Å². The van der Waals surface area contributed by atoms with Gasteiger partial charge in [-0.05, 0) is 17.7 Å². The molecule has 4 nitrogen and oxygen atoms in total. The molecule has 1 spiro atoms. The molecule has 1 amide bonds. The van der Waals surface area contributed by atoms with E-state index in [0.29, 0.717) is 13.1 Å². The number of likely N-dealkylation sites (tertiary alicyclic amines) is 1. The lowest BCUT2D eigenvalue weighted by atomic mass is 9.85. The van der Waals surface area contributed by atoms with Crippen LogP contribution in [0.2, 0.25) is 0 Å². The van der Waals surface area contributed by atoms with Crippen LogP contribution in [-0.4, -0.2) is 40.1 Å². The van der Waals surface area contributed by atoms with Crippen LogP contribution in [-0.2, 0) is 16.1 Å². The van der Waals surface area contributed by atoms with Crippen molar-refractivity contribution in [2.75, 3.05) is 13.7 Å². The lowest BCUT2D eigenvalue weighted by molar-refractivity contribution is -0.131. The van der Waals surface area contributed by atoms with Crippen molar-refractivity contribution in [2.24, 2.45) is 5.92 Å². The maximum atomic E-state index is 12.7. The quantitative estimate of drug-likeness (QED) is 0.446. The monoisotopic (exact) mass is 397 g/mol. The summed E-state index contributed by atoms with van der Waals surface area (Å²) in [4.78, 5) is 14.6. The second-order valence-electron chi connectivity index (χ2n) is 5.86. The highest BCUT2D eigenvalue weighted by atomic mass is 127. The van der Waals surface area contributed by atoms with Crippen molar-refractivity contribution in [2.45, 2.75) is 22.2 Å². The minimum atomic E-state index is -0.375. The van der Waals surface area contributed by atoms with Crippen molar-refractivity contribution in [1.82, 2.24) is 4.90 Å². The van der Waals surface area contributed by atoms with E-state index in [9.17, 15) is 4.79 Å². The molecule has 4 atom stereocenters. The number of rotatable bonds is 3. The molecule has 5 heteroatoms. The molecule has 3 aliphatic rings. The van der Waals surface area contributed by atoms with Gasteiger partial charge in [0.05, 0.1) is 29.6 Å². The number of fused-ring (bicyclic) bond motifs is 1. The van der Waals surface area contributed by atoms with Gasteiger partial charge in [0.1, 0.15) is 11.4 Å². The molecule has 0 unspecified atom stereocenters. The minimum absolute atomic E-state index is 0.0219. The van der Waals surface area contributed by atoms with Crippen LogP contribution < -0.4 is 4.74 Å². The number of carbonyl (C=O) groups is 1. The Balaban J connectivity index is 1.55. The summed E-state index contributed by atoms with van der Waals surface area (Å²) >= 11 is 2.36. The fourth-order valence-electron chi connectivity index (χ4n) is 3.59. The summed E-state index contributed by atoms with van der Waals surface area (Å²) in [7, 11) is 1.65. The lowest BCUT2D eigenvalue weighted by Crippen LogP contribution is -2.35. The van der Waals surface area contributed by atoms with Crippen LogP contribution in [0.4, 0.5) is 0 Å². The summed E-state index contributed by atoms with van der Waals surface area (Å²) in [6, 6.07) is 7.87. The SMILES string of the molecule is COc1ccc(CN2C[C@]34C=C[C@H](O3)[C@H](I)[C@@H]4C2=O)cc1. The van der Waals surface area contributed by atoms with Crippen LogP contribution in [0.15, 0.2) is 36.4 Å². The molecule has 0 aromatic heterocycles. The van der Waals surface area contributed by atoms with Gasteiger partial charge in [0, 0.05) is 6.54 Å². The molecular weight excluding hydrogens is 381 g/mol. The van der Waals surface area contributed by atoms with Crippen molar-refractivity contribution in [3.63, 3.8) is 0 Å². The predicted molar refractivity (Wildman–Crippen MR) is 86.5 cm³/mol. The zero-order valence-electron chi connectivity index (χ0n) is 11.7. The smallest absolute Gasteiger partial charge is 0.230 e. The van der Waals surface area contributed by atoms with Gasteiger partial charge in [0.15, 0.2) is 0 Å². The van der Waals surface area contributed by atoms with Crippen molar-refractivity contribution in [3.05, 3.63) is 42.0 Å². The predicted octanol–water partition coefficient (Wildman–Crippen LogP) is 2.16. The van der Waals surface area contributed by atoms with Crippen molar-refractivity contribution in [3.8, 4) is 5.75 Å². The van der Waals surface area contributed by atoms with E-state index in [1.807, 2.05) is 29.2 Å². The molecule has 21 heavy (non-hydrogen) atoms. The van der Waals surface area contributed by atoms with Crippen LogP contribution in [0, 0.1) is 5.92 Å². The van der Waals surface area contributed by atoms with Gasteiger partial charge in [-0.1, -0.05) is 46.9 Å². The molecule has 2 bridgehead atoms. The first kappa shape index (κ1) is 13.6. The minimum Gasteiger partial charge on any atom is -0.497 e. The Morgan fingerprint density at radius 1 is 1.43 bits per heavy atom. The number of hydrogen-bond acceptors (Lipinski definition) is 3. The highest BCUT2D eigenvalue weighted by molar-refractivity contribution is 14.1. The van der Waals surface area contributed by atoms with E-state index in [4.69, 9.17) is 9.47 Å². The maximum Gasteiger partial charge on any atom is 0.230 e. The molecule has 3 aliphatic heterocycles. The fraction of sp³-hybridized carbons (Fsp3) is 0.438. The van der Waals surface area contributed by atoms with E-state index < -0.39 is 0 Å². The number of alkyl halides is 1. The molecule has 0 radical (unpaired) electrons. The molecule has 2 saturated heterocycles. The summed E-state index contributed by atoms with van der Waals surface area (Å²) < 4.78 is 11.5. The van der Waals surface area contributed by atoms with Gasteiger partial charge in [-0.3, -0.25) is 4.79 Å². The molecule has 0 aliphatic carbocycles. The molecule has 3 heterocycles. The number of carbonyl (C=O) groups excluding carboxylic acids is 1. The first-order chi connectivity index (χ1) is 10.1. The third-order valence-electron chi connectivity index (χ3n) is 4.63. The van der Waals surface area contributed by atoms with E-state index in [1.165, 1.54) is 0 Å². The van der Waals surface area contributed by atoms with Crippen LogP contribution in [0.3, 0.4) is 0 Å². The summed E-state index contributed by atoms with van der Waals surface area (Å²) in [5.74, 6) is 1.03. The van der Waals surface area contributed by atoms with Gasteiger partial charge < -0.3 is 14.4 Å². The molecule has 0 N–H and O–H groups in total. The molecule has 2 fully saturated rings. The van der Waals surface area contributed by atoms with E-state index in [1.54, 1.807) is 7.11 Å². The first-order valence-corrected chi connectivity index (χ1v) is 8.30. The third-order valence-corrected chi connectivity index (χ3v) is 6.06. The Kier molecular flexibility index (Phi) is 3.04. The Hall–Kier alpha value is -1.08. The van der Waals surface area contributed by atoms with Gasteiger partial charge in [-0.25, -0.2) is 0 Å². The standard InChI is InChI=1S/C16H16INO3/c1-20-11-4-2-10(3-5-11)8-18-9-16-7-6-12(21-16)14(17)13(16)15(18)19/h2-7,12-14H,8-9H2,1H3/t12-,13+,14-,16-/m0/s1. The summed E-state index contributed by atoms with van der Waals surface area (Å²) in [5.41, 5.74) is 0.740. The fourth-order valence-corrected chi connectivity index (χ4v) is 4.89. The maximum absolute atomic E-state index is 12.7. The molecule has 0 saturated carbocycles. The van der Waals surface area contributed by atoms with Gasteiger partial charge in [-0.2, -0.15) is 0 Å². The molecule has 1 aromatic rings. The van der Waals surface area contributed by atoms with Gasteiger partial charge >= 0.3 is 0 Å². The number of amides is 1. The number of ether oxygens (including phenoxy) is 2. The average molecular weight is 397 g/mol. The Morgan fingerprint density at radius 2 is 2.19 bits per heavy atom. The normalized spacial score (nSPS) is 36.4. The van der Waals surface area contributed by atoms with Crippen LogP contribution >= 0.6 is 22.6 Å². The highest BCUT2D eigenvalue weighted by Gasteiger charge is 2.64. The Bertz CT molecular complexity index is 614. The summed E-state index contributed by atoms with van der Waals surface area (Å²) in [5, 5.41) is 0. The van der Waals surface area contributed by atoms with Crippen molar-refractivity contribution < 1.29 is 14.3 Å². The zero-order valence-corrected chi connectivity index (χ0v) is 13.8. The van der Waals surface area contributed by atoms with E-state index in [0.717, 1.165) is 11.3 Å². The van der Waals surface area contributed by atoms with Gasteiger partial charge in [0.2, 0.25) is 5.91 Å². The number of benzene rings is 1. The number of hydrogen-bond donors (Lipinski definition) is 0.